The molecule has 1 fully saturated rings. The summed E-state index contributed by atoms with van der Waals surface area (Å²) in [6.07, 6.45) is 2.63. The Kier molecular flexibility index (Phi) is 5.83. The molecule has 0 N–H and O–H groups in total. The van der Waals surface area contributed by atoms with Crippen molar-refractivity contribution >= 4 is 16.0 Å². The standard InChI is InChI=1S/C18H25NO4S/c1-13(2)9-17-10-16(12-23-15(4)20)11-19(17)24(21,22)18-7-5-14(3)6-8-18/h5-9,16-17H,10-12H2,1-4H3/t16-,17+/m0/s1. The quantitative estimate of drug-likeness (QED) is 0.604. The van der Waals surface area contributed by atoms with Gasteiger partial charge in [-0.15, -0.1) is 0 Å². The lowest BCUT2D eigenvalue weighted by molar-refractivity contribution is -0.142. The SMILES string of the molecule is CC(=O)OC[C@H]1C[C@@H](C=C(C)C)N(S(=O)(=O)c2ccc(C)cc2)C1. The fraction of sp³-hybridized carbons (Fsp3) is 0.500. The number of hydrogen-bond acceptors (Lipinski definition) is 4. The third kappa shape index (κ3) is 4.45. The predicted molar refractivity (Wildman–Crippen MR) is 93.0 cm³/mol. The lowest BCUT2D eigenvalue weighted by Crippen LogP contribution is -2.35. The van der Waals surface area contributed by atoms with Gasteiger partial charge in [-0.3, -0.25) is 4.79 Å². The number of aryl methyl sites for hydroxylation is 1. The number of rotatable bonds is 5. The van der Waals surface area contributed by atoms with Crippen molar-refractivity contribution in [2.75, 3.05) is 13.2 Å². The molecule has 0 unspecified atom stereocenters. The fourth-order valence-electron chi connectivity index (χ4n) is 2.94. The van der Waals surface area contributed by atoms with E-state index >= 15 is 0 Å². The molecule has 2 rings (SSSR count). The summed E-state index contributed by atoms with van der Waals surface area (Å²) >= 11 is 0. The zero-order chi connectivity index (χ0) is 17.9. The second-order valence-electron chi connectivity index (χ2n) is 6.60. The van der Waals surface area contributed by atoms with E-state index in [9.17, 15) is 13.2 Å². The number of sulfonamides is 1. The number of hydrogen-bond donors (Lipinski definition) is 0. The van der Waals surface area contributed by atoms with E-state index in [1.54, 1.807) is 24.3 Å². The Morgan fingerprint density at radius 3 is 2.42 bits per heavy atom. The van der Waals surface area contributed by atoms with Crippen molar-refractivity contribution in [1.82, 2.24) is 4.31 Å². The van der Waals surface area contributed by atoms with Crippen LogP contribution in [0.2, 0.25) is 0 Å². The molecule has 0 saturated carbocycles. The van der Waals surface area contributed by atoms with Gasteiger partial charge in [-0.25, -0.2) is 8.42 Å². The number of carbonyl (C=O) groups is 1. The second-order valence-corrected chi connectivity index (χ2v) is 8.49. The van der Waals surface area contributed by atoms with E-state index in [2.05, 4.69) is 0 Å². The third-order valence-electron chi connectivity index (χ3n) is 4.06. The number of allylic oxidation sites excluding steroid dienone is 1. The lowest BCUT2D eigenvalue weighted by atomic mass is 10.1. The molecule has 1 aromatic carbocycles. The van der Waals surface area contributed by atoms with Crippen LogP contribution < -0.4 is 0 Å². The smallest absolute Gasteiger partial charge is 0.302 e. The molecule has 2 atom stereocenters. The Labute approximate surface area is 144 Å². The molecular formula is C18H25NO4S. The van der Waals surface area contributed by atoms with E-state index in [1.165, 1.54) is 11.2 Å². The average molecular weight is 351 g/mol. The molecule has 1 aromatic rings. The zero-order valence-electron chi connectivity index (χ0n) is 14.7. The van der Waals surface area contributed by atoms with Gasteiger partial charge in [0.2, 0.25) is 10.0 Å². The molecule has 24 heavy (non-hydrogen) atoms. The topological polar surface area (TPSA) is 63.7 Å². The van der Waals surface area contributed by atoms with E-state index in [0.29, 0.717) is 17.9 Å². The molecular weight excluding hydrogens is 326 g/mol. The molecule has 0 aliphatic carbocycles. The maximum atomic E-state index is 13.0. The minimum absolute atomic E-state index is 0.00900. The molecule has 5 nitrogen and oxygen atoms in total. The number of benzene rings is 1. The highest BCUT2D eigenvalue weighted by molar-refractivity contribution is 7.89. The first-order valence-electron chi connectivity index (χ1n) is 8.07. The van der Waals surface area contributed by atoms with E-state index in [4.69, 9.17) is 4.74 Å². The Morgan fingerprint density at radius 1 is 1.25 bits per heavy atom. The largest absolute Gasteiger partial charge is 0.466 e. The number of ether oxygens (including phenoxy) is 1. The van der Waals surface area contributed by atoms with Gasteiger partial charge in [-0.2, -0.15) is 4.31 Å². The monoisotopic (exact) mass is 351 g/mol. The minimum atomic E-state index is -3.57. The summed E-state index contributed by atoms with van der Waals surface area (Å²) in [5.41, 5.74) is 2.08. The van der Waals surface area contributed by atoms with Crippen molar-refractivity contribution in [3.8, 4) is 0 Å². The van der Waals surface area contributed by atoms with E-state index in [1.807, 2.05) is 26.8 Å². The first-order chi connectivity index (χ1) is 11.2. The van der Waals surface area contributed by atoms with Gasteiger partial charge in [-0.05, 0) is 39.3 Å². The summed E-state index contributed by atoms with van der Waals surface area (Å²) in [6, 6.07) is 6.68. The molecule has 0 spiro atoms. The van der Waals surface area contributed by atoms with Crippen molar-refractivity contribution in [1.29, 1.82) is 0 Å². The summed E-state index contributed by atoms with van der Waals surface area (Å²) < 4.78 is 32.6. The van der Waals surface area contributed by atoms with Crippen LogP contribution in [0.5, 0.6) is 0 Å². The van der Waals surface area contributed by atoms with Crippen LogP contribution in [0.1, 0.15) is 32.8 Å². The highest BCUT2D eigenvalue weighted by atomic mass is 32.2. The van der Waals surface area contributed by atoms with E-state index in [0.717, 1.165) is 11.1 Å². The van der Waals surface area contributed by atoms with Crippen LogP contribution in [-0.2, 0) is 19.6 Å². The Balaban J connectivity index is 2.28. The molecule has 6 heteroatoms. The Hall–Kier alpha value is -1.66. The van der Waals surface area contributed by atoms with Crippen LogP contribution in [0.25, 0.3) is 0 Å². The average Bonchev–Trinajstić information content (AvgIpc) is 2.88. The Morgan fingerprint density at radius 2 is 1.88 bits per heavy atom. The molecule has 0 radical (unpaired) electrons. The van der Waals surface area contributed by atoms with Gasteiger partial charge in [0, 0.05) is 25.4 Å². The summed E-state index contributed by atoms with van der Waals surface area (Å²) in [6.45, 7) is 7.81. The molecule has 0 aromatic heterocycles. The van der Waals surface area contributed by atoms with E-state index < -0.39 is 10.0 Å². The summed E-state index contributed by atoms with van der Waals surface area (Å²) in [5, 5.41) is 0. The van der Waals surface area contributed by atoms with Crippen LogP contribution in [0.15, 0.2) is 40.8 Å². The van der Waals surface area contributed by atoms with Crippen LogP contribution in [0.4, 0.5) is 0 Å². The normalized spacial score (nSPS) is 21.5. The lowest BCUT2D eigenvalue weighted by Gasteiger charge is -2.22. The maximum Gasteiger partial charge on any atom is 0.302 e. The number of carbonyl (C=O) groups excluding carboxylic acids is 1. The van der Waals surface area contributed by atoms with Crippen LogP contribution in [0.3, 0.4) is 0 Å². The fourth-order valence-corrected chi connectivity index (χ4v) is 4.60. The molecule has 1 saturated heterocycles. The molecule has 1 aliphatic heterocycles. The summed E-state index contributed by atoms with van der Waals surface area (Å²) in [4.78, 5) is 11.3. The van der Waals surface area contributed by atoms with E-state index in [-0.39, 0.29) is 24.5 Å². The maximum absolute atomic E-state index is 13.0. The Bertz CT molecular complexity index is 718. The van der Waals surface area contributed by atoms with Gasteiger partial charge in [-0.1, -0.05) is 29.3 Å². The minimum Gasteiger partial charge on any atom is -0.466 e. The number of nitrogens with zero attached hydrogens (tertiary/aromatic N) is 1. The predicted octanol–water partition coefficient (Wildman–Crippen LogP) is 2.90. The summed E-state index contributed by atoms with van der Waals surface area (Å²) in [5.74, 6) is -0.330. The van der Waals surface area contributed by atoms with Gasteiger partial charge in [0.05, 0.1) is 11.5 Å². The molecule has 1 heterocycles. The van der Waals surface area contributed by atoms with Gasteiger partial charge in [0.15, 0.2) is 0 Å². The second kappa shape index (κ2) is 7.49. The first-order valence-corrected chi connectivity index (χ1v) is 9.51. The highest BCUT2D eigenvalue weighted by Gasteiger charge is 2.39. The third-order valence-corrected chi connectivity index (χ3v) is 5.96. The van der Waals surface area contributed by atoms with Crippen molar-refractivity contribution < 1.29 is 17.9 Å². The molecule has 0 amide bonds. The van der Waals surface area contributed by atoms with Gasteiger partial charge >= 0.3 is 5.97 Å². The van der Waals surface area contributed by atoms with Crippen LogP contribution in [0, 0.1) is 12.8 Å². The molecule has 0 bridgehead atoms. The van der Waals surface area contributed by atoms with Crippen molar-refractivity contribution in [2.45, 2.75) is 45.1 Å². The van der Waals surface area contributed by atoms with Gasteiger partial charge in [0.1, 0.15) is 0 Å². The highest BCUT2D eigenvalue weighted by Crippen LogP contribution is 2.31. The molecule has 1 aliphatic rings. The van der Waals surface area contributed by atoms with Gasteiger partial charge in [0.25, 0.3) is 0 Å². The molecule has 132 valence electrons. The first kappa shape index (κ1) is 18.7. The zero-order valence-corrected chi connectivity index (χ0v) is 15.5. The summed E-state index contributed by atoms with van der Waals surface area (Å²) in [7, 11) is -3.57. The van der Waals surface area contributed by atoms with Crippen molar-refractivity contribution in [2.24, 2.45) is 5.92 Å². The van der Waals surface area contributed by atoms with Crippen molar-refractivity contribution in [3.05, 3.63) is 41.5 Å². The van der Waals surface area contributed by atoms with Crippen LogP contribution >= 0.6 is 0 Å². The van der Waals surface area contributed by atoms with Gasteiger partial charge < -0.3 is 4.74 Å². The van der Waals surface area contributed by atoms with Crippen molar-refractivity contribution in [3.63, 3.8) is 0 Å². The van der Waals surface area contributed by atoms with Crippen LogP contribution in [-0.4, -0.2) is 37.9 Å². The number of esters is 1.